The molecule has 4 heteroatoms. The van der Waals surface area contributed by atoms with Gasteiger partial charge in [0.1, 0.15) is 11.6 Å². The van der Waals surface area contributed by atoms with Crippen LogP contribution in [0.25, 0.3) is 10.9 Å². The first-order chi connectivity index (χ1) is 10.2. The number of aromatic nitrogens is 1. The van der Waals surface area contributed by atoms with Crippen molar-refractivity contribution in [2.24, 2.45) is 0 Å². The molecule has 3 aromatic rings. The normalized spacial score (nSPS) is 11.2. The zero-order valence-corrected chi connectivity index (χ0v) is 11.7. The molecule has 0 saturated heterocycles. The second-order valence-electron chi connectivity index (χ2n) is 5.05. The number of nitrogens with zero attached hydrogens (tertiary/aromatic N) is 1. The standard InChI is InChI=1S/C17H16F2N2/c1-20-10-15-8-12-4-2-3-5-17(12)21(15)11-13-6-7-14(18)9-16(13)19/h2-9,20H,10-11H2,1H3. The fourth-order valence-corrected chi connectivity index (χ4v) is 2.60. The molecule has 0 radical (unpaired) electrons. The Labute approximate surface area is 122 Å². The van der Waals surface area contributed by atoms with Crippen molar-refractivity contribution in [3.05, 3.63) is 71.4 Å². The monoisotopic (exact) mass is 286 g/mol. The summed E-state index contributed by atoms with van der Waals surface area (Å²) in [7, 11) is 1.88. The van der Waals surface area contributed by atoms with Crippen molar-refractivity contribution in [1.29, 1.82) is 0 Å². The molecular formula is C17H16F2N2. The summed E-state index contributed by atoms with van der Waals surface area (Å²) in [6.07, 6.45) is 0. The predicted molar refractivity (Wildman–Crippen MR) is 80.2 cm³/mol. The lowest BCUT2D eigenvalue weighted by molar-refractivity contribution is 0.565. The maximum Gasteiger partial charge on any atom is 0.131 e. The summed E-state index contributed by atoms with van der Waals surface area (Å²) in [4.78, 5) is 0. The van der Waals surface area contributed by atoms with Crippen LogP contribution in [0.4, 0.5) is 8.78 Å². The van der Waals surface area contributed by atoms with Gasteiger partial charge in [0.25, 0.3) is 0 Å². The van der Waals surface area contributed by atoms with Crippen LogP contribution in [-0.2, 0) is 13.1 Å². The fourth-order valence-electron chi connectivity index (χ4n) is 2.60. The summed E-state index contributed by atoms with van der Waals surface area (Å²) in [5.41, 5.74) is 2.60. The Kier molecular flexibility index (Phi) is 3.71. The van der Waals surface area contributed by atoms with Gasteiger partial charge in [-0.1, -0.05) is 24.3 Å². The van der Waals surface area contributed by atoms with Crippen LogP contribution in [-0.4, -0.2) is 11.6 Å². The Morgan fingerprint density at radius 1 is 1.05 bits per heavy atom. The van der Waals surface area contributed by atoms with E-state index in [-0.39, 0.29) is 0 Å². The van der Waals surface area contributed by atoms with Gasteiger partial charge in [-0.15, -0.1) is 0 Å². The van der Waals surface area contributed by atoms with Gasteiger partial charge in [0, 0.05) is 29.4 Å². The second kappa shape index (κ2) is 5.66. The lowest BCUT2D eigenvalue weighted by Crippen LogP contribution is -2.12. The third-order valence-electron chi connectivity index (χ3n) is 3.60. The number of fused-ring (bicyclic) bond motifs is 1. The van der Waals surface area contributed by atoms with Gasteiger partial charge in [-0.25, -0.2) is 8.78 Å². The number of rotatable bonds is 4. The first kappa shape index (κ1) is 13.8. The molecule has 1 heterocycles. The average molecular weight is 286 g/mol. The van der Waals surface area contributed by atoms with E-state index in [1.807, 2.05) is 31.3 Å². The smallest absolute Gasteiger partial charge is 0.131 e. The van der Waals surface area contributed by atoms with Crippen LogP contribution in [0.1, 0.15) is 11.3 Å². The summed E-state index contributed by atoms with van der Waals surface area (Å²) in [5.74, 6) is -1.06. The van der Waals surface area contributed by atoms with Crippen molar-refractivity contribution in [3.63, 3.8) is 0 Å². The van der Waals surface area contributed by atoms with Gasteiger partial charge in [-0.3, -0.25) is 0 Å². The minimum Gasteiger partial charge on any atom is -0.339 e. The first-order valence-electron chi connectivity index (χ1n) is 6.84. The number of halogens is 2. The molecule has 1 N–H and O–H groups in total. The Hall–Kier alpha value is -2.20. The van der Waals surface area contributed by atoms with Crippen molar-refractivity contribution in [1.82, 2.24) is 9.88 Å². The molecule has 1 aromatic heterocycles. The minimum atomic E-state index is -0.552. The molecule has 0 unspecified atom stereocenters. The summed E-state index contributed by atoms with van der Waals surface area (Å²) in [6.45, 7) is 1.08. The third-order valence-corrected chi connectivity index (χ3v) is 3.60. The third kappa shape index (κ3) is 2.67. The largest absolute Gasteiger partial charge is 0.339 e. The van der Waals surface area contributed by atoms with Crippen LogP contribution >= 0.6 is 0 Å². The maximum absolute atomic E-state index is 13.9. The molecule has 0 saturated carbocycles. The van der Waals surface area contributed by atoms with Crippen molar-refractivity contribution >= 4 is 10.9 Å². The molecule has 0 fully saturated rings. The lowest BCUT2D eigenvalue weighted by Gasteiger charge is -2.11. The van der Waals surface area contributed by atoms with E-state index >= 15 is 0 Å². The number of hydrogen-bond donors (Lipinski definition) is 1. The lowest BCUT2D eigenvalue weighted by atomic mass is 10.2. The Balaban J connectivity index is 2.07. The molecule has 0 amide bonds. The molecular weight excluding hydrogens is 270 g/mol. The van der Waals surface area contributed by atoms with Crippen LogP contribution in [0, 0.1) is 11.6 Å². The van der Waals surface area contributed by atoms with E-state index in [2.05, 4.69) is 16.0 Å². The molecule has 2 aromatic carbocycles. The number of nitrogens with one attached hydrogen (secondary N) is 1. The second-order valence-corrected chi connectivity index (χ2v) is 5.05. The highest BCUT2D eigenvalue weighted by atomic mass is 19.1. The highest BCUT2D eigenvalue weighted by Gasteiger charge is 2.11. The summed E-state index contributed by atoms with van der Waals surface area (Å²) < 4.78 is 29.0. The van der Waals surface area contributed by atoms with E-state index in [0.29, 0.717) is 18.7 Å². The molecule has 0 aliphatic rings. The van der Waals surface area contributed by atoms with Gasteiger partial charge < -0.3 is 9.88 Å². The van der Waals surface area contributed by atoms with Gasteiger partial charge in [0.2, 0.25) is 0 Å². The van der Waals surface area contributed by atoms with Crippen LogP contribution in [0.5, 0.6) is 0 Å². The molecule has 0 spiro atoms. The van der Waals surface area contributed by atoms with Crippen LogP contribution in [0.3, 0.4) is 0 Å². The molecule has 0 atom stereocenters. The molecule has 108 valence electrons. The summed E-state index contributed by atoms with van der Waals surface area (Å²) >= 11 is 0. The van der Waals surface area contributed by atoms with Crippen molar-refractivity contribution in [2.75, 3.05) is 7.05 Å². The van der Waals surface area contributed by atoms with Gasteiger partial charge in [-0.2, -0.15) is 0 Å². The highest BCUT2D eigenvalue weighted by molar-refractivity contribution is 5.81. The first-order valence-corrected chi connectivity index (χ1v) is 6.84. The quantitative estimate of drug-likeness (QED) is 0.774. The number of para-hydroxylation sites is 1. The minimum absolute atomic E-state index is 0.386. The highest BCUT2D eigenvalue weighted by Crippen LogP contribution is 2.22. The Morgan fingerprint density at radius 2 is 1.86 bits per heavy atom. The average Bonchev–Trinajstić information content (AvgIpc) is 2.80. The summed E-state index contributed by atoms with van der Waals surface area (Å²) in [5, 5.41) is 4.24. The molecule has 2 nitrogen and oxygen atoms in total. The van der Waals surface area contributed by atoms with Gasteiger partial charge >= 0.3 is 0 Å². The maximum atomic E-state index is 13.9. The SMILES string of the molecule is CNCc1cc2ccccc2n1Cc1ccc(F)cc1F. The van der Waals surface area contributed by atoms with Crippen molar-refractivity contribution in [3.8, 4) is 0 Å². The topological polar surface area (TPSA) is 17.0 Å². The molecule has 0 aliphatic heterocycles. The van der Waals surface area contributed by atoms with E-state index < -0.39 is 11.6 Å². The predicted octanol–water partition coefficient (Wildman–Crippen LogP) is 3.69. The molecule has 0 aliphatic carbocycles. The molecule has 0 bridgehead atoms. The van der Waals surface area contributed by atoms with Gasteiger partial charge in [-0.05, 0) is 30.6 Å². The van der Waals surface area contributed by atoms with E-state index in [1.165, 1.54) is 12.1 Å². The van der Waals surface area contributed by atoms with Crippen LogP contribution in [0.15, 0.2) is 48.5 Å². The number of benzene rings is 2. The molecule has 3 rings (SSSR count). The molecule has 21 heavy (non-hydrogen) atoms. The Bertz CT molecular complexity index is 778. The van der Waals surface area contributed by atoms with Crippen molar-refractivity contribution < 1.29 is 8.78 Å². The van der Waals surface area contributed by atoms with E-state index in [9.17, 15) is 8.78 Å². The van der Waals surface area contributed by atoms with Crippen LogP contribution < -0.4 is 5.32 Å². The van der Waals surface area contributed by atoms with Gasteiger partial charge in [0.15, 0.2) is 0 Å². The number of hydrogen-bond acceptors (Lipinski definition) is 1. The van der Waals surface area contributed by atoms with E-state index in [1.54, 1.807) is 0 Å². The van der Waals surface area contributed by atoms with Gasteiger partial charge in [0.05, 0.1) is 6.54 Å². The van der Waals surface area contributed by atoms with E-state index in [0.717, 1.165) is 22.7 Å². The fraction of sp³-hybridized carbons (Fsp3) is 0.176. The zero-order valence-electron chi connectivity index (χ0n) is 11.7. The van der Waals surface area contributed by atoms with E-state index in [4.69, 9.17) is 0 Å². The summed E-state index contributed by atoms with van der Waals surface area (Å²) in [6, 6.07) is 13.8. The van der Waals surface area contributed by atoms with Crippen molar-refractivity contribution in [2.45, 2.75) is 13.1 Å². The van der Waals surface area contributed by atoms with Crippen LogP contribution in [0.2, 0.25) is 0 Å². The Morgan fingerprint density at radius 3 is 2.62 bits per heavy atom. The zero-order chi connectivity index (χ0) is 14.8.